The zero-order valence-electron chi connectivity index (χ0n) is 7.06. The van der Waals surface area contributed by atoms with Crippen molar-refractivity contribution in [3.8, 4) is 0 Å². The van der Waals surface area contributed by atoms with Crippen molar-refractivity contribution in [1.29, 1.82) is 0 Å². The van der Waals surface area contributed by atoms with Crippen LogP contribution in [0.3, 0.4) is 0 Å². The van der Waals surface area contributed by atoms with Crippen LogP contribution in [0, 0.1) is 0 Å². The molecule has 0 saturated heterocycles. The number of phosphoric acid groups is 1. The summed E-state index contributed by atoms with van der Waals surface area (Å²) < 4.78 is 14.7. The van der Waals surface area contributed by atoms with Gasteiger partial charge in [0.1, 0.15) is 5.39 Å². The van der Waals surface area contributed by atoms with Crippen molar-refractivity contribution < 1.29 is 19.0 Å². The van der Waals surface area contributed by atoms with Gasteiger partial charge in [0, 0.05) is 0 Å². The van der Waals surface area contributed by atoms with E-state index >= 15 is 0 Å². The van der Waals surface area contributed by atoms with Crippen LogP contribution in [0.25, 0.3) is 11.0 Å². The molecular weight excluding hydrogens is 227 g/mol. The molecule has 0 radical (unpaired) electrons. The summed E-state index contributed by atoms with van der Waals surface area (Å²) in [6.07, 6.45) is 2.17. The van der Waals surface area contributed by atoms with Crippen LogP contribution >= 0.6 is 7.82 Å². The Hall–Kier alpha value is -1.70. The van der Waals surface area contributed by atoms with Gasteiger partial charge in [-0.3, -0.25) is 19.2 Å². The highest BCUT2D eigenvalue weighted by Crippen LogP contribution is 2.31. The Balaban J connectivity index is 2.60. The van der Waals surface area contributed by atoms with Crippen LogP contribution < -0.4 is 10.2 Å². The predicted octanol–water partition coefficient (Wildman–Crippen LogP) is -1.36. The molecule has 15 heavy (non-hydrogen) atoms. The fraction of sp³-hybridized carbons (Fsp3) is 0. The number of aromatic amines is 1. The third kappa shape index (κ3) is 1.89. The average molecular weight is 232 g/mol. The number of nitrogens with one attached hydrogen (secondary N) is 1. The van der Waals surface area contributed by atoms with E-state index in [0.29, 0.717) is 4.85 Å². The Kier molecular flexibility index (Phi) is 2.07. The molecule has 0 aliphatic rings. The summed E-state index contributed by atoms with van der Waals surface area (Å²) in [5, 5.41) is 3.54. The van der Waals surface area contributed by atoms with Gasteiger partial charge in [0.25, 0.3) is 5.56 Å². The van der Waals surface area contributed by atoms with Crippen LogP contribution in [0.4, 0.5) is 0 Å². The summed E-state index contributed by atoms with van der Waals surface area (Å²) in [7, 11) is -4.73. The Morgan fingerprint density at radius 3 is 2.93 bits per heavy atom. The second kappa shape index (κ2) is 3.16. The van der Waals surface area contributed by atoms with E-state index in [1.165, 1.54) is 0 Å². The Morgan fingerprint density at radius 2 is 2.27 bits per heavy atom. The predicted molar refractivity (Wildman–Crippen MR) is 46.8 cm³/mol. The molecule has 2 heterocycles. The van der Waals surface area contributed by atoms with Gasteiger partial charge in [0.15, 0.2) is 0 Å². The van der Waals surface area contributed by atoms with Gasteiger partial charge < -0.3 is 4.98 Å². The number of hydrogen-bond donors (Lipinski definition) is 3. The normalized spacial score (nSPS) is 11.9. The van der Waals surface area contributed by atoms with Crippen LogP contribution in [0.2, 0.25) is 0 Å². The topological polar surface area (TPSA) is 130 Å². The van der Waals surface area contributed by atoms with Crippen molar-refractivity contribution >= 4 is 18.9 Å². The standard InChI is InChI=1S/C5H5N4O5P/c10-5-3-1-8-9(14-15(11,12)13)4(3)6-2-7-5/h1-2H,(H,6,7,10)(H2,11,12,13). The summed E-state index contributed by atoms with van der Waals surface area (Å²) >= 11 is 0. The lowest BCUT2D eigenvalue weighted by atomic mass is 10.4. The third-order valence-electron chi connectivity index (χ3n) is 1.52. The first-order chi connectivity index (χ1) is 6.97. The first kappa shape index (κ1) is 9.84. The molecular formula is C5H5N4O5P. The molecule has 0 saturated carbocycles. The molecule has 9 nitrogen and oxygen atoms in total. The fourth-order valence-corrected chi connectivity index (χ4v) is 1.32. The minimum Gasteiger partial charge on any atom is -0.312 e. The zero-order chi connectivity index (χ0) is 11.1. The molecule has 0 fully saturated rings. The summed E-state index contributed by atoms with van der Waals surface area (Å²) in [5.41, 5.74) is -0.539. The molecule has 2 aromatic heterocycles. The summed E-state index contributed by atoms with van der Waals surface area (Å²) in [6.45, 7) is 0. The molecule has 0 spiro atoms. The van der Waals surface area contributed by atoms with Gasteiger partial charge in [-0.1, -0.05) is 4.85 Å². The smallest absolute Gasteiger partial charge is 0.312 e. The largest absolute Gasteiger partial charge is 0.545 e. The number of fused-ring (bicyclic) bond motifs is 1. The van der Waals surface area contributed by atoms with Crippen LogP contribution in [-0.2, 0) is 4.57 Å². The molecule has 0 unspecified atom stereocenters. The molecule has 0 bridgehead atoms. The van der Waals surface area contributed by atoms with Gasteiger partial charge in [0.2, 0.25) is 5.65 Å². The number of rotatable bonds is 2. The maximum atomic E-state index is 11.2. The van der Waals surface area contributed by atoms with Crippen LogP contribution in [0.15, 0.2) is 17.3 Å². The number of hydrogen-bond acceptors (Lipinski definition) is 5. The van der Waals surface area contributed by atoms with Crippen molar-refractivity contribution in [3.05, 3.63) is 22.9 Å². The molecule has 80 valence electrons. The van der Waals surface area contributed by atoms with Crippen molar-refractivity contribution in [2.75, 3.05) is 0 Å². The van der Waals surface area contributed by atoms with E-state index in [1.807, 2.05) is 0 Å². The lowest BCUT2D eigenvalue weighted by Gasteiger charge is -2.04. The molecule has 0 aliphatic heterocycles. The highest BCUT2D eigenvalue weighted by molar-refractivity contribution is 7.46. The number of aromatic nitrogens is 4. The van der Waals surface area contributed by atoms with E-state index < -0.39 is 13.4 Å². The zero-order valence-corrected chi connectivity index (χ0v) is 7.96. The first-order valence-electron chi connectivity index (χ1n) is 3.64. The highest BCUT2D eigenvalue weighted by atomic mass is 31.2. The quantitative estimate of drug-likeness (QED) is 0.545. The van der Waals surface area contributed by atoms with E-state index in [2.05, 4.69) is 19.7 Å². The highest BCUT2D eigenvalue weighted by Gasteiger charge is 2.19. The minimum absolute atomic E-state index is 0.0675. The molecule has 0 aromatic carbocycles. The molecule has 10 heteroatoms. The van der Waals surface area contributed by atoms with Gasteiger partial charge in [0.05, 0.1) is 12.5 Å². The molecule has 0 amide bonds. The monoisotopic (exact) mass is 232 g/mol. The van der Waals surface area contributed by atoms with Gasteiger partial charge in [-0.2, -0.15) is 0 Å². The van der Waals surface area contributed by atoms with Gasteiger partial charge in [-0.05, 0) is 0 Å². The first-order valence-corrected chi connectivity index (χ1v) is 5.17. The maximum absolute atomic E-state index is 11.2. The average Bonchev–Trinajstić information content (AvgIpc) is 2.48. The van der Waals surface area contributed by atoms with Gasteiger partial charge >= 0.3 is 7.82 Å². The van der Waals surface area contributed by atoms with E-state index in [1.54, 1.807) is 0 Å². The van der Waals surface area contributed by atoms with Gasteiger partial charge in [-0.25, -0.2) is 9.55 Å². The van der Waals surface area contributed by atoms with E-state index in [-0.39, 0.29) is 11.0 Å². The summed E-state index contributed by atoms with van der Waals surface area (Å²) in [5.74, 6) is 0. The van der Waals surface area contributed by atoms with E-state index in [9.17, 15) is 9.36 Å². The Morgan fingerprint density at radius 1 is 1.53 bits per heavy atom. The molecule has 0 atom stereocenters. The summed E-state index contributed by atoms with van der Waals surface area (Å²) in [6, 6.07) is 0. The van der Waals surface area contributed by atoms with Crippen molar-refractivity contribution in [2.45, 2.75) is 0 Å². The van der Waals surface area contributed by atoms with E-state index in [0.717, 1.165) is 12.5 Å². The molecule has 2 rings (SSSR count). The lowest BCUT2D eigenvalue weighted by molar-refractivity contribution is 0.161. The van der Waals surface area contributed by atoms with Gasteiger partial charge in [-0.15, -0.1) is 5.10 Å². The lowest BCUT2D eigenvalue weighted by Crippen LogP contribution is -2.12. The van der Waals surface area contributed by atoms with Crippen molar-refractivity contribution in [1.82, 2.24) is 19.9 Å². The molecule has 3 N–H and O–H groups in total. The third-order valence-corrected chi connectivity index (χ3v) is 1.89. The van der Waals surface area contributed by atoms with Crippen LogP contribution in [0.1, 0.15) is 0 Å². The fourth-order valence-electron chi connectivity index (χ4n) is 0.995. The second-order valence-electron chi connectivity index (χ2n) is 2.56. The SMILES string of the molecule is O=c1[nH]cnc2c1cnn2OP(=O)(O)O. The maximum Gasteiger partial charge on any atom is 0.545 e. The van der Waals surface area contributed by atoms with E-state index in [4.69, 9.17) is 9.79 Å². The van der Waals surface area contributed by atoms with Crippen LogP contribution in [0.5, 0.6) is 0 Å². The minimum atomic E-state index is -4.73. The van der Waals surface area contributed by atoms with Crippen molar-refractivity contribution in [2.24, 2.45) is 0 Å². The second-order valence-corrected chi connectivity index (χ2v) is 3.70. The molecule has 2 aromatic rings. The number of H-pyrrole nitrogens is 1. The Bertz CT molecular complexity index is 597. The Labute approximate surface area is 81.5 Å². The molecule has 0 aliphatic carbocycles. The summed E-state index contributed by atoms with van der Waals surface area (Å²) in [4.78, 5) is 34.7. The van der Waals surface area contributed by atoms with Crippen molar-refractivity contribution in [3.63, 3.8) is 0 Å². The van der Waals surface area contributed by atoms with Crippen LogP contribution in [-0.4, -0.2) is 29.7 Å². The number of nitrogens with zero attached hydrogens (tertiary/aromatic N) is 3.